The Morgan fingerprint density at radius 1 is 1.00 bits per heavy atom. The van der Waals surface area contributed by atoms with Crippen molar-refractivity contribution in [3.05, 3.63) is 70.5 Å². The maximum Gasteiger partial charge on any atom is 0.148 e. The van der Waals surface area contributed by atoms with Crippen LogP contribution in [-0.4, -0.2) is 21.3 Å². The van der Waals surface area contributed by atoms with E-state index in [4.69, 9.17) is 32.9 Å². The van der Waals surface area contributed by atoms with Crippen LogP contribution >= 0.6 is 23.2 Å². The lowest BCUT2D eigenvalue weighted by Gasteiger charge is -2.11. The fourth-order valence-corrected chi connectivity index (χ4v) is 3.65. The van der Waals surface area contributed by atoms with E-state index < -0.39 is 0 Å². The Morgan fingerprint density at radius 3 is 2.52 bits per heavy atom. The second kappa shape index (κ2) is 7.77. The minimum absolute atomic E-state index is 0.122. The van der Waals surface area contributed by atoms with Crippen LogP contribution in [0.4, 0.5) is 0 Å². The van der Waals surface area contributed by atoms with Crippen LogP contribution in [0.2, 0.25) is 10.0 Å². The summed E-state index contributed by atoms with van der Waals surface area (Å²) in [6.07, 6.45) is 0.646. The van der Waals surface area contributed by atoms with Gasteiger partial charge in [-0.1, -0.05) is 47.5 Å². The van der Waals surface area contributed by atoms with Crippen molar-refractivity contribution >= 4 is 45.0 Å². The average molecular weight is 401 g/mol. The summed E-state index contributed by atoms with van der Waals surface area (Å²) in [5.41, 5.74) is 1.94. The van der Waals surface area contributed by atoms with E-state index in [1.165, 1.54) is 0 Å². The molecule has 138 valence electrons. The maximum absolute atomic E-state index is 9.28. The molecule has 4 aromatic rings. The van der Waals surface area contributed by atoms with E-state index in [1.807, 2.05) is 12.1 Å². The van der Waals surface area contributed by atoms with Gasteiger partial charge in [0.15, 0.2) is 0 Å². The number of nitrogens with zero attached hydrogens (tertiary/aromatic N) is 2. The summed E-state index contributed by atoms with van der Waals surface area (Å²) in [7, 11) is 0. The molecular formula is C21H18Cl2N2O2. The number of fused-ring (bicyclic) bond motifs is 2. The van der Waals surface area contributed by atoms with Crippen LogP contribution in [0.3, 0.4) is 0 Å². The van der Waals surface area contributed by atoms with E-state index in [2.05, 4.69) is 28.8 Å². The molecule has 4 rings (SSSR count). The molecule has 0 unspecified atom stereocenters. The average Bonchev–Trinajstić information content (AvgIpc) is 3.00. The number of rotatable bonds is 6. The highest BCUT2D eigenvalue weighted by Crippen LogP contribution is 2.29. The van der Waals surface area contributed by atoms with E-state index in [1.54, 1.807) is 18.2 Å². The number of ether oxygens (including phenoxy) is 1. The van der Waals surface area contributed by atoms with Gasteiger partial charge in [-0.3, -0.25) is 0 Å². The van der Waals surface area contributed by atoms with E-state index in [-0.39, 0.29) is 13.2 Å². The number of hydrogen-bond donors (Lipinski definition) is 1. The number of halogens is 2. The predicted molar refractivity (Wildman–Crippen MR) is 110 cm³/mol. The summed E-state index contributed by atoms with van der Waals surface area (Å²) in [6, 6.07) is 17.6. The molecule has 6 heteroatoms. The first-order chi connectivity index (χ1) is 13.2. The highest BCUT2D eigenvalue weighted by Gasteiger charge is 2.13. The Hall–Kier alpha value is -2.27. The highest BCUT2D eigenvalue weighted by molar-refractivity contribution is 6.35. The standard InChI is InChI=1S/C21H18Cl2N2O2/c22-16-6-7-20(17(23)12-16)27-13-21-24-18-10-14-4-1-2-5-15(14)11-19(18)25(21)8-3-9-26/h1-2,4-7,10-12,26H,3,8-9,13H2. The van der Waals surface area contributed by atoms with Gasteiger partial charge < -0.3 is 14.4 Å². The highest BCUT2D eigenvalue weighted by atomic mass is 35.5. The minimum atomic E-state index is 0.122. The molecule has 4 nitrogen and oxygen atoms in total. The lowest BCUT2D eigenvalue weighted by Crippen LogP contribution is -2.08. The van der Waals surface area contributed by atoms with Crippen molar-refractivity contribution in [2.45, 2.75) is 19.6 Å². The van der Waals surface area contributed by atoms with Gasteiger partial charge in [0, 0.05) is 18.2 Å². The topological polar surface area (TPSA) is 47.3 Å². The molecule has 1 aromatic heterocycles. The number of aliphatic hydroxyl groups excluding tert-OH is 1. The molecule has 0 spiro atoms. The summed E-state index contributed by atoms with van der Waals surface area (Å²) in [5.74, 6) is 1.35. The molecule has 0 aliphatic heterocycles. The Morgan fingerprint density at radius 2 is 1.78 bits per heavy atom. The second-order valence-electron chi connectivity index (χ2n) is 6.31. The number of hydrogen-bond acceptors (Lipinski definition) is 3. The molecule has 27 heavy (non-hydrogen) atoms. The third-order valence-corrected chi connectivity index (χ3v) is 5.02. The Balaban J connectivity index is 1.72. The first-order valence-electron chi connectivity index (χ1n) is 8.72. The molecule has 0 saturated carbocycles. The Labute approximate surface area is 166 Å². The van der Waals surface area contributed by atoms with E-state index >= 15 is 0 Å². The van der Waals surface area contributed by atoms with Crippen LogP contribution in [0.15, 0.2) is 54.6 Å². The van der Waals surface area contributed by atoms with Gasteiger partial charge in [0.25, 0.3) is 0 Å². The number of imidazole rings is 1. The van der Waals surface area contributed by atoms with Crippen molar-refractivity contribution in [1.82, 2.24) is 9.55 Å². The molecule has 0 amide bonds. The molecule has 0 aliphatic rings. The summed E-state index contributed by atoms with van der Waals surface area (Å²) in [4.78, 5) is 4.77. The van der Waals surface area contributed by atoms with Crippen molar-refractivity contribution in [3.63, 3.8) is 0 Å². The molecule has 3 aromatic carbocycles. The molecule has 0 radical (unpaired) electrons. The Kier molecular flexibility index (Phi) is 5.21. The molecule has 0 atom stereocenters. The van der Waals surface area contributed by atoms with Gasteiger partial charge in [0.05, 0.1) is 16.1 Å². The molecule has 0 bridgehead atoms. The van der Waals surface area contributed by atoms with Crippen LogP contribution in [0.25, 0.3) is 21.8 Å². The van der Waals surface area contributed by atoms with Gasteiger partial charge in [-0.05, 0) is 47.5 Å². The number of benzene rings is 3. The number of aliphatic hydroxyl groups is 1. The Bertz CT molecular complexity index is 1110. The van der Waals surface area contributed by atoms with Crippen LogP contribution in [0.1, 0.15) is 12.2 Å². The summed E-state index contributed by atoms with van der Waals surface area (Å²) in [5, 5.41) is 12.6. The molecule has 0 saturated heterocycles. The molecular weight excluding hydrogens is 383 g/mol. The van der Waals surface area contributed by atoms with Gasteiger partial charge in [0.1, 0.15) is 18.2 Å². The largest absolute Gasteiger partial charge is 0.484 e. The molecule has 0 fully saturated rings. The molecule has 1 heterocycles. The van der Waals surface area contributed by atoms with Gasteiger partial charge in [-0.25, -0.2) is 4.98 Å². The zero-order chi connectivity index (χ0) is 18.8. The SMILES string of the molecule is OCCCn1c(COc2ccc(Cl)cc2Cl)nc2cc3ccccc3cc21. The zero-order valence-corrected chi connectivity index (χ0v) is 16.0. The monoisotopic (exact) mass is 400 g/mol. The fraction of sp³-hybridized carbons (Fsp3) is 0.190. The summed E-state index contributed by atoms with van der Waals surface area (Å²) < 4.78 is 7.99. The van der Waals surface area contributed by atoms with Crippen molar-refractivity contribution in [2.75, 3.05) is 6.61 Å². The van der Waals surface area contributed by atoms with Gasteiger partial charge in [-0.15, -0.1) is 0 Å². The number of aryl methyl sites for hydroxylation is 1. The number of aromatic nitrogens is 2. The third-order valence-electron chi connectivity index (χ3n) is 4.49. The normalized spacial score (nSPS) is 11.4. The van der Waals surface area contributed by atoms with E-state index in [0.717, 1.165) is 27.6 Å². The van der Waals surface area contributed by atoms with Gasteiger partial charge >= 0.3 is 0 Å². The second-order valence-corrected chi connectivity index (χ2v) is 7.15. The van der Waals surface area contributed by atoms with Crippen LogP contribution in [-0.2, 0) is 13.2 Å². The smallest absolute Gasteiger partial charge is 0.148 e. The summed E-state index contributed by atoms with van der Waals surface area (Å²) >= 11 is 12.1. The first-order valence-corrected chi connectivity index (χ1v) is 9.48. The van der Waals surface area contributed by atoms with Crippen LogP contribution < -0.4 is 4.74 Å². The van der Waals surface area contributed by atoms with Gasteiger partial charge in [-0.2, -0.15) is 0 Å². The lowest BCUT2D eigenvalue weighted by atomic mass is 10.1. The molecule has 0 aliphatic carbocycles. The van der Waals surface area contributed by atoms with Gasteiger partial charge in [0.2, 0.25) is 0 Å². The first kappa shape index (κ1) is 18.1. The fourth-order valence-electron chi connectivity index (χ4n) is 3.18. The zero-order valence-electron chi connectivity index (χ0n) is 14.5. The lowest BCUT2D eigenvalue weighted by molar-refractivity contribution is 0.270. The van der Waals surface area contributed by atoms with Crippen LogP contribution in [0.5, 0.6) is 5.75 Å². The van der Waals surface area contributed by atoms with E-state index in [9.17, 15) is 5.11 Å². The van der Waals surface area contributed by atoms with Crippen molar-refractivity contribution in [1.29, 1.82) is 0 Å². The molecule has 1 N–H and O–H groups in total. The van der Waals surface area contributed by atoms with Crippen molar-refractivity contribution in [3.8, 4) is 5.75 Å². The minimum Gasteiger partial charge on any atom is -0.484 e. The van der Waals surface area contributed by atoms with Crippen molar-refractivity contribution in [2.24, 2.45) is 0 Å². The summed E-state index contributed by atoms with van der Waals surface area (Å²) in [6.45, 7) is 1.06. The quantitative estimate of drug-likeness (QED) is 0.467. The maximum atomic E-state index is 9.28. The predicted octanol–water partition coefficient (Wildman–Crippen LogP) is 5.46. The van der Waals surface area contributed by atoms with E-state index in [0.29, 0.717) is 28.8 Å². The van der Waals surface area contributed by atoms with Crippen LogP contribution in [0, 0.1) is 0 Å². The third kappa shape index (κ3) is 3.74. The van der Waals surface area contributed by atoms with Crippen molar-refractivity contribution < 1.29 is 9.84 Å².